The maximum atomic E-state index is 12.6. The van der Waals surface area contributed by atoms with Crippen LogP contribution in [0.5, 0.6) is 0 Å². The van der Waals surface area contributed by atoms with Crippen molar-refractivity contribution in [1.82, 2.24) is 9.88 Å². The van der Waals surface area contributed by atoms with Gasteiger partial charge in [-0.05, 0) is 67.6 Å². The van der Waals surface area contributed by atoms with Gasteiger partial charge in [0.1, 0.15) is 11.6 Å². The Balaban J connectivity index is 1.48. The van der Waals surface area contributed by atoms with Crippen molar-refractivity contribution >= 4 is 23.4 Å². The van der Waals surface area contributed by atoms with Crippen LogP contribution < -0.4 is 15.1 Å². The first kappa shape index (κ1) is 22.0. The number of amides is 2. The highest BCUT2D eigenvalue weighted by Crippen LogP contribution is 2.35. The molecule has 0 spiro atoms. The lowest BCUT2D eigenvalue weighted by Crippen LogP contribution is -2.59. The lowest BCUT2D eigenvalue weighted by Gasteiger charge is -2.44. The molecule has 0 bridgehead atoms. The summed E-state index contributed by atoms with van der Waals surface area (Å²) in [4.78, 5) is 23.8. The van der Waals surface area contributed by atoms with Gasteiger partial charge in [-0.15, -0.1) is 0 Å². The third-order valence-corrected chi connectivity index (χ3v) is 7.05. The van der Waals surface area contributed by atoms with E-state index in [1.807, 2.05) is 17.9 Å². The van der Waals surface area contributed by atoms with Gasteiger partial charge in [-0.25, -0.2) is 9.78 Å². The predicted molar refractivity (Wildman–Crippen MR) is 130 cm³/mol. The largest absolute Gasteiger partial charge is 0.389 e. The molecular formula is C25H33N5O3. The molecule has 3 aliphatic rings. The second kappa shape index (κ2) is 9.19. The number of aryl methyl sites for hydroxylation is 1. The van der Waals surface area contributed by atoms with Gasteiger partial charge in [-0.3, -0.25) is 0 Å². The Kier molecular flexibility index (Phi) is 6.12. The number of anilines is 3. The number of carbonyl (C=O) groups excluding carboxylic acids is 1. The number of likely N-dealkylation sites (tertiary alicyclic amines) is 1. The molecule has 8 nitrogen and oxygen atoms in total. The number of urea groups is 1. The Morgan fingerprint density at radius 3 is 2.52 bits per heavy atom. The van der Waals surface area contributed by atoms with E-state index >= 15 is 0 Å². The maximum Gasteiger partial charge on any atom is 0.321 e. The number of aliphatic hydroxyl groups is 1. The van der Waals surface area contributed by atoms with E-state index in [1.165, 1.54) is 0 Å². The fraction of sp³-hybridized carbons (Fsp3) is 0.520. The quantitative estimate of drug-likeness (QED) is 0.744. The summed E-state index contributed by atoms with van der Waals surface area (Å²) < 4.78 is 5.53. The number of hydrogen-bond donors (Lipinski definition) is 2. The van der Waals surface area contributed by atoms with Crippen molar-refractivity contribution in [3.63, 3.8) is 0 Å². The molecule has 0 saturated carbocycles. The Morgan fingerprint density at radius 1 is 1.09 bits per heavy atom. The lowest BCUT2D eigenvalue weighted by molar-refractivity contribution is 0.0987. The van der Waals surface area contributed by atoms with Crippen LogP contribution in [0.15, 0.2) is 30.3 Å². The average molecular weight is 452 g/mol. The number of nitrogens with zero attached hydrogens (tertiary/aromatic N) is 4. The minimum absolute atomic E-state index is 0.0323. The van der Waals surface area contributed by atoms with Crippen molar-refractivity contribution in [3.05, 3.63) is 35.9 Å². The van der Waals surface area contributed by atoms with E-state index in [4.69, 9.17) is 9.72 Å². The molecule has 4 heterocycles. The molecule has 0 unspecified atom stereocenters. The number of morpholine rings is 1. The van der Waals surface area contributed by atoms with Gasteiger partial charge in [0.2, 0.25) is 0 Å². The van der Waals surface area contributed by atoms with E-state index in [0.717, 1.165) is 73.0 Å². The van der Waals surface area contributed by atoms with Crippen LogP contribution in [0, 0.1) is 6.92 Å². The molecule has 0 radical (unpaired) electrons. The first-order chi connectivity index (χ1) is 16.0. The molecule has 2 atom stereocenters. The Morgan fingerprint density at radius 2 is 1.82 bits per heavy atom. The molecule has 0 aliphatic carbocycles. The fourth-order valence-electron chi connectivity index (χ4n) is 4.78. The molecule has 3 fully saturated rings. The first-order valence-corrected chi connectivity index (χ1v) is 12.0. The van der Waals surface area contributed by atoms with Crippen molar-refractivity contribution in [1.29, 1.82) is 0 Å². The highest BCUT2D eigenvalue weighted by atomic mass is 16.5. The summed E-state index contributed by atoms with van der Waals surface area (Å²) in [5.41, 5.74) is 4.06. The van der Waals surface area contributed by atoms with Gasteiger partial charge in [0.25, 0.3) is 0 Å². The summed E-state index contributed by atoms with van der Waals surface area (Å²) in [6, 6.07) is 10.3. The van der Waals surface area contributed by atoms with Gasteiger partial charge in [-0.2, -0.15) is 0 Å². The molecular weight excluding hydrogens is 418 g/mol. The van der Waals surface area contributed by atoms with Gasteiger partial charge in [0.05, 0.1) is 25.4 Å². The number of ether oxygens (including phenoxy) is 1. The van der Waals surface area contributed by atoms with Crippen molar-refractivity contribution in [2.45, 2.75) is 38.8 Å². The third-order valence-electron chi connectivity index (χ3n) is 7.05. The van der Waals surface area contributed by atoms with Crippen LogP contribution in [-0.4, -0.2) is 79.1 Å². The lowest BCUT2D eigenvalue weighted by atomic mass is 9.98. The monoisotopic (exact) mass is 451 g/mol. The van der Waals surface area contributed by atoms with E-state index in [0.29, 0.717) is 19.8 Å². The molecule has 2 N–H and O–H groups in total. The maximum absolute atomic E-state index is 12.6. The van der Waals surface area contributed by atoms with Gasteiger partial charge in [-0.1, -0.05) is 6.07 Å². The van der Waals surface area contributed by atoms with Gasteiger partial charge in [0, 0.05) is 38.4 Å². The summed E-state index contributed by atoms with van der Waals surface area (Å²) in [7, 11) is 0. The van der Waals surface area contributed by atoms with Gasteiger partial charge in [0.15, 0.2) is 0 Å². The number of rotatable bonds is 4. The zero-order chi connectivity index (χ0) is 22.9. The average Bonchev–Trinajstić information content (AvgIpc) is 3.39. The minimum atomic E-state index is -0.326. The molecule has 5 rings (SSSR count). The summed E-state index contributed by atoms with van der Waals surface area (Å²) in [6.45, 7) is 9.34. The summed E-state index contributed by atoms with van der Waals surface area (Å²) in [5, 5.41) is 13.1. The van der Waals surface area contributed by atoms with E-state index in [2.05, 4.69) is 46.3 Å². The number of aliphatic hydroxyl groups excluding tert-OH is 1. The number of hydrogen-bond acceptors (Lipinski definition) is 6. The van der Waals surface area contributed by atoms with E-state index in [1.54, 1.807) is 0 Å². The number of β-amino-alcohol motifs (C(OH)–C–C–N with tert-alkyl or cyclic N) is 1. The zero-order valence-corrected chi connectivity index (χ0v) is 19.5. The second-order valence-corrected chi connectivity index (χ2v) is 9.29. The van der Waals surface area contributed by atoms with Crippen molar-refractivity contribution in [2.75, 3.05) is 61.1 Å². The highest BCUT2D eigenvalue weighted by Gasteiger charge is 2.35. The van der Waals surface area contributed by atoms with Gasteiger partial charge < -0.3 is 29.9 Å². The van der Waals surface area contributed by atoms with E-state index in [-0.39, 0.29) is 18.2 Å². The molecule has 8 heteroatoms. The van der Waals surface area contributed by atoms with Gasteiger partial charge >= 0.3 is 6.03 Å². The summed E-state index contributed by atoms with van der Waals surface area (Å²) in [6.07, 6.45) is 1.81. The smallest absolute Gasteiger partial charge is 0.321 e. The Bertz CT molecular complexity index is 994. The normalized spacial score (nSPS) is 22.9. The molecule has 2 aromatic rings. The third kappa shape index (κ3) is 4.50. The number of benzene rings is 1. The van der Waals surface area contributed by atoms with Crippen LogP contribution in [0.4, 0.5) is 22.1 Å². The molecule has 2 amide bonds. The van der Waals surface area contributed by atoms with Crippen LogP contribution in [0.1, 0.15) is 25.3 Å². The zero-order valence-electron chi connectivity index (χ0n) is 19.5. The van der Waals surface area contributed by atoms with Crippen LogP contribution >= 0.6 is 0 Å². The van der Waals surface area contributed by atoms with Crippen LogP contribution in [0.25, 0.3) is 11.1 Å². The minimum Gasteiger partial charge on any atom is -0.389 e. The standard InChI is InChI=1S/C25H33N5O3/c1-17-5-6-20(26-25(32)29-7-3-4-8-29)15-21(17)19-13-23(28-9-11-33-12-10-28)27-24(14-19)30-16-22(31)18(30)2/h5-6,13-15,18,22,31H,3-4,7-12,16H2,1-2H3,(H,26,32)/t18-,22+/m0/s1. The molecule has 1 aromatic carbocycles. The number of carbonyl (C=O) groups is 1. The number of aromatic nitrogens is 1. The molecule has 1 aromatic heterocycles. The molecule has 3 aliphatic heterocycles. The Hall–Kier alpha value is -2.84. The topological polar surface area (TPSA) is 81.2 Å². The van der Waals surface area contributed by atoms with E-state index < -0.39 is 0 Å². The molecule has 176 valence electrons. The van der Waals surface area contributed by atoms with Crippen LogP contribution in [-0.2, 0) is 4.74 Å². The number of nitrogens with one attached hydrogen (secondary N) is 1. The summed E-state index contributed by atoms with van der Waals surface area (Å²) >= 11 is 0. The fourth-order valence-corrected chi connectivity index (χ4v) is 4.78. The second-order valence-electron chi connectivity index (χ2n) is 9.29. The summed E-state index contributed by atoms with van der Waals surface area (Å²) in [5.74, 6) is 1.79. The number of pyridine rings is 1. The molecule has 3 saturated heterocycles. The van der Waals surface area contributed by atoms with Crippen molar-refractivity contribution in [3.8, 4) is 11.1 Å². The Labute approximate surface area is 195 Å². The highest BCUT2D eigenvalue weighted by molar-refractivity contribution is 5.91. The molecule has 33 heavy (non-hydrogen) atoms. The first-order valence-electron chi connectivity index (χ1n) is 12.0. The predicted octanol–water partition coefficient (Wildman–Crippen LogP) is 3.09. The van der Waals surface area contributed by atoms with Crippen LogP contribution in [0.3, 0.4) is 0 Å². The van der Waals surface area contributed by atoms with Crippen LogP contribution in [0.2, 0.25) is 0 Å². The van der Waals surface area contributed by atoms with E-state index in [9.17, 15) is 9.90 Å². The van der Waals surface area contributed by atoms with Crippen molar-refractivity contribution < 1.29 is 14.6 Å². The van der Waals surface area contributed by atoms with Crippen molar-refractivity contribution in [2.24, 2.45) is 0 Å². The SMILES string of the molecule is Cc1ccc(NC(=O)N2CCCC2)cc1-c1cc(N2CCOCC2)nc(N2C[C@@H](O)[C@@H]2C)c1.